The highest BCUT2D eigenvalue weighted by atomic mass is 35.5. The Kier molecular flexibility index (Phi) is 6.45. The highest BCUT2D eigenvalue weighted by molar-refractivity contribution is 7.99. The lowest BCUT2D eigenvalue weighted by Crippen LogP contribution is -2.35. The molecule has 0 bridgehead atoms. The van der Waals surface area contributed by atoms with E-state index >= 15 is 0 Å². The third-order valence-corrected chi connectivity index (χ3v) is 5.99. The molecule has 7 heteroatoms. The van der Waals surface area contributed by atoms with E-state index in [4.69, 9.17) is 32.7 Å². The average Bonchev–Trinajstić information content (AvgIpc) is 2.59. The first kappa shape index (κ1) is 20.2. The van der Waals surface area contributed by atoms with Crippen LogP contribution in [0.2, 0.25) is 10.0 Å². The van der Waals surface area contributed by atoms with E-state index in [-0.39, 0.29) is 0 Å². The number of hydrogen-bond acceptors (Lipinski definition) is 4. The number of hydrogen-bond donors (Lipinski definition) is 1. The highest BCUT2D eigenvalue weighted by Gasteiger charge is 2.36. The Morgan fingerprint density at radius 3 is 2.74 bits per heavy atom. The standard InChI is InChI=1S/C20H21Cl2NO3S/c1-20(2)18-16(23-19(24)26-20)6-5-7-17(18)25-10-3-4-11-27-13-8-9-14(21)15(22)12-13/h5-9,12H,3-4,10-11H2,1-2H3,(H,23,24). The van der Waals surface area contributed by atoms with Gasteiger partial charge < -0.3 is 9.47 Å². The number of cyclic esters (lactones) is 1. The lowest BCUT2D eigenvalue weighted by Gasteiger charge is -2.33. The second kappa shape index (κ2) is 8.63. The van der Waals surface area contributed by atoms with Crippen LogP contribution in [-0.4, -0.2) is 18.5 Å². The van der Waals surface area contributed by atoms with E-state index in [0.717, 1.165) is 40.5 Å². The van der Waals surface area contributed by atoms with Gasteiger partial charge in [-0.1, -0.05) is 29.3 Å². The number of carbonyl (C=O) groups is 1. The predicted octanol–water partition coefficient (Wildman–Crippen LogP) is 6.74. The summed E-state index contributed by atoms with van der Waals surface area (Å²) in [4.78, 5) is 12.8. The predicted molar refractivity (Wildman–Crippen MR) is 111 cm³/mol. The van der Waals surface area contributed by atoms with Crippen molar-refractivity contribution in [2.75, 3.05) is 17.7 Å². The van der Waals surface area contributed by atoms with Gasteiger partial charge in [0.1, 0.15) is 11.4 Å². The summed E-state index contributed by atoms with van der Waals surface area (Å²) in [5, 5.41) is 3.88. The van der Waals surface area contributed by atoms with E-state index < -0.39 is 11.7 Å². The Bertz CT molecular complexity index is 842. The fourth-order valence-electron chi connectivity index (χ4n) is 2.94. The van der Waals surface area contributed by atoms with Crippen molar-refractivity contribution >= 4 is 46.7 Å². The minimum Gasteiger partial charge on any atom is -0.493 e. The number of anilines is 1. The third kappa shape index (κ3) is 5.03. The number of unbranched alkanes of at least 4 members (excludes halogenated alkanes) is 1. The molecule has 0 atom stereocenters. The number of nitrogens with one attached hydrogen (secondary N) is 1. The van der Waals surface area contributed by atoms with Gasteiger partial charge in [0.15, 0.2) is 0 Å². The van der Waals surface area contributed by atoms with Crippen molar-refractivity contribution in [3.8, 4) is 5.75 Å². The van der Waals surface area contributed by atoms with E-state index in [2.05, 4.69) is 5.32 Å². The number of fused-ring (bicyclic) bond motifs is 1. The van der Waals surface area contributed by atoms with E-state index in [9.17, 15) is 4.79 Å². The van der Waals surface area contributed by atoms with Gasteiger partial charge in [0, 0.05) is 4.90 Å². The quantitative estimate of drug-likeness (QED) is 0.393. The Morgan fingerprint density at radius 2 is 1.96 bits per heavy atom. The number of benzene rings is 2. The Morgan fingerprint density at radius 1 is 1.15 bits per heavy atom. The zero-order valence-corrected chi connectivity index (χ0v) is 17.5. The molecule has 2 aromatic carbocycles. The lowest BCUT2D eigenvalue weighted by atomic mass is 9.94. The molecule has 0 unspecified atom stereocenters. The number of rotatable bonds is 7. The van der Waals surface area contributed by atoms with Crippen molar-refractivity contribution in [3.63, 3.8) is 0 Å². The molecule has 144 valence electrons. The van der Waals surface area contributed by atoms with Crippen LogP contribution >= 0.6 is 35.0 Å². The number of thioether (sulfide) groups is 1. The Balaban J connectivity index is 1.49. The van der Waals surface area contributed by atoms with Gasteiger partial charge >= 0.3 is 6.09 Å². The molecule has 0 saturated carbocycles. The molecule has 3 rings (SSSR count). The first-order chi connectivity index (χ1) is 12.9. The molecular formula is C20H21Cl2NO3S. The molecule has 1 aliphatic rings. The molecule has 0 saturated heterocycles. The lowest BCUT2D eigenvalue weighted by molar-refractivity contribution is 0.0396. The molecule has 4 nitrogen and oxygen atoms in total. The zero-order valence-electron chi connectivity index (χ0n) is 15.2. The smallest absolute Gasteiger partial charge is 0.412 e. The van der Waals surface area contributed by atoms with Crippen molar-refractivity contribution in [1.82, 2.24) is 0 Å². The van der Waals surface area contributed by atoms with Crippen LogP contribution in [0.15, 0.2) is 41.3 Å². The number of halogens is 2. The van der Waals surface area contributed by atoms with Crippen molar-refractivity contribution < 1.29 is 14.3 Å². The van der Waals surface area contributed by atoms with Crippen molar-refractivity contribution in [2.45, 2.75) is 37.2 Å². The SMILES string of the molecule is CC1(C)OC(=O)Nc2cccc(OCCCCSc3ccc(Cl)c(Cl)c3)c21. The normalized spacial score (nSPS) is 14.9. The van der Waals surface area contributed by atoms with Crippen molar-refractivity contribution in [2.24, 2.45) is 0 Å². The van der Waals surface area contributed by atoms with Gasteiger partial charge in [-0.25, -0.2) is 4.79 Å². The van der Waals surface area contributed by atoms with Gasteiger partial charge in [0.2, 0.25) is 0 Å². The second-order valence-corrected chi connectivity index (χ2v) is 8.67. The summed E-state index contributed by atoms with van der Waals surface area (Å²) in [5.74, 6) is 1.72. The minimum absolute atomic E-state index is 0.441. The molecule has 0 radical (unpaired) electrons. The summed E-state index contributed by atoms with van der Waals surface area (Å²) in [6, 6.07) is 11.3. The zero-order chi connectivity index (χ0) is 19.4. The van der Waals surface area contributed by atoms with E-state index in [1.54, 1.807) is 11.8 Å². The maximum Gasteiger partial charge on any atom is 0.412 e. The molecule has 0 spiro atoms. The molecule has 0 aromatic heterocycles. The topological polar surface area (TPSA) is 47.6 Å². The van der Waals surface area contributed by atoms with Gasteiger partial charge in [-0.15, -0.1) is 11.8 Å². The molecule has 1 N–H and O–H groups in total. The number of amides is 1. The van der Waals surface area contributed by atoms with Crippen LogP contribution in [0, 0.1) is 0 Å². The van der Waals surface area contributed by atoms with Crippen LogP contribution in [0.5, 0.6) is 5.75 Å². The van der Waals surface area contributed by atoms with Crippen LogP contribution in [-0.2, 0) is 10.3 Å². The van der Waals surface area contributed by atoms with Gasteiger partial charge in [0.25, 0.3) is 0 Å². The monoisotopic (exact) mass is 425 g/mol. The van der Waals surface area contributed by atoms with E-state index in [1.165, 1.54) is 0 Å². The molecule has 1 aliphatic heterocycles. The molecule has 0 fully saturated rings. The summed E-state index contributed by atoms with van der Waals surface area (Å²) in [6.07, 6.45) is 1.49. The molecule has 2 aromatic rings. The minimum atomic E-state index is -0.724. The van der Waals surface area contributed by atoms with Crippen molar-refractivity contribution in [3.05, 3.63) is 52.0 Å². The van der Waals surface area contributed by atoms with Crippen LogP contribution in [0.4, 0.5) is 10.5 Å². The molecule has 1 amide bonds. The second-order valence-electron chi connectivity index (χ2n) is 6.68. The first-order valence-electron chi connectivity index (χ1n) is 8.71. The molecule has 27 heavy (non-hydrogen) atoms. The largest absolute Gasteiger partial charge is 0.493 e. The fourth-order valence-corrected chi connectivity index (χ4v) is 4.25. The Labute approximate surface area is 173 Å². The summed E-state index contributed by atoms with van der Waals surface area (Å²) < 4.78 is 11.4. The number of carbonyl (C=O) groups excluding carboxylic acids is 1. The number of ether oxygens (including phenoxy) is 2. The van der Waals surface area contributed by atoms with Gasteiger partial charge in [-0.3, -0.25) is 5.32 Å². The third-order valence-electron chi connectivity index (χ3n) is 4.17. The molecule has 0 aliphatic carbocycles. The van der Waals surface area contributed by atoms with Crippen LogP contribution < -0.4 is 10.1 Å². The molecule has 1 heterocycles. The summed E-state index contributed by atoms with van der Waals surface area (Å²) in [6.45, 7) is 4.33. The fraction of sp³-hybridized carbons (Fsp3) is 0.350. The summed E-state index contributed by atoms with van der Waals surface area (Å²) in [5.41, 5.74) is 0.886. The maximum atomic E-state index is 11.6. The van der Waals surface area contributed by atoms with Gasteiger partial charge in [-0.05, 0) is 62.8 Å². The summed E-state index contributed by atoms with van der Waals surface area (Å²) >= 11 is 13.7. The Hall–Kier alpha value is -1.56. The average molecular weight is 426 g/mol. The highest BCUT2D eigenvalue weighted by Crippen LogP contribution is 2.41. The van der Waals surface area contributed by atoms with Gasteiger partial charge in [-0.2, -0.15) is 0 Å². The summed E-state index contributed by atoms with van der Waals surface area (Å²) in [7, 11) is 0. The van der Waals surface area contributed by atoms with Crippen LogP contribution in [0.25, 0.3) is 0 Å². The van der Waals surface area contributed by atoms with Crippen LogP contribution in [0.3, 0.4) is 0 Å². The van der Waals surface area contributed by atoms with Crippen molar-refractivity contribution in [1.29, 1.82) is 0 Å². The first-order valence-corrected chi connectivity index (χ1v) is 10.4. The van der Waals surface area contributed by atoms with E-state index in [1.807, 2.05) is 50.2 Å². The van der Waals surface area contributed by atoms with Crippen LogP contribution in [0.1, 0.15) is 32.3 Å². The maximum absolute atomic E-state index is 11.6. The molecular weight excluding hydrogens is 405 g/mol. The van der Waals surface area contributed by atoms with E-state index in [0.29, 0.717) is 16.7 Å². The van der Waals surface area contributed by atoms with Gasteiger partial charge in [0.05, 0.1) is 27.9 Å².